The van der Waals surface area contributed by atoms with E-state index in [4.69, 9.17) is 0 Å². The van der Waals surface area contributed by atoms with Gasteiger partial charge in [-0.1, -0.05) is 22.0 Å². The zero-order chi connectivity index (χ0) is 9.42. The van der Waals surface area contributed by atoms with Gasteiger partial charge in [-0.2, -0.15) is 0 Å². The highest BCUT2D eigenvalue weighted by atomic mass is 79.9. The second-order valence-corrected chi connectivity index (χ2v) is 5.13. The molecule has 0 radical (unpaired) electrons. The van der Waals surface area contributed by atoms with Crippen LogP contribution >= 0.6 is 43.2 Å². The van der Waals surface area contributed by atoms with Crippen molar-refractivity contribution in [2.75, 3.05) is 0 Å². The van der Waals surface area contributed by atoms with Gasteiger partial charge in [0.2, 0.25) is 0 Å². The first-order valence-corrected chi connectivity index (χ1v) is 6.01. The summed E-state index contributed by atoms with van der Waals surface area (Å²) in [5, 5.41) is 3.08. The van der Waals surface area contributed by atoms with Gasteiger partial charge < -0.3 is 0 Å². The van der Waals surface area contributed by atoms with Crippen LogP contribution in [0.15, 0.2) is 26.5 Å². The second-order valence-electron chi connectivity index (χ2n) is 2.54. The van der Waals surface area contributed by atoms with Crippen LogP contribution < -0.4 is 0 Å². The monoisotopic (exact) mass is 318 g/mol. The molecular formula is C9H4Br2OS. The van der Waals surface area contributed by atoms with E-state index >= 15 is 0 Å². The lowest BCUT2D eigenvalue weighted by Gasteiger charge is -1.97. The molecule has 1 heterocycles. The number of fused-ring (bicyclic) bond motifs is 1. The Balaban J connectivity index is 2.92. The Hall–Kier alpha value is -0.190. The smallest absolute Gasteiger partial charge is 0.152 e. The molecule has 0 aliphatic heterocycles. The van der Waals surface area contributed by atoms with Crippen molar-refractivity contribution < 1.29 is 4.79 Å². The van der Waals surface area contributed by atoms with Crippen LogP contribution in [0.2, 0.25) is 0 Å². The minimum atomic E-state index is 0.730. The number of hydrogen-bond acceptors (Lipinski definition) is 2. The molecule has 4 heteroatoms. The summed E-state index contributed by atoms with van der Waals surface area (Å²) in [5.41, 5.74) is 0.730. The first-order chi connectivity index (χ1) is 6.24. The molecule has 0 aliphatic carbocycles. The van der Waals surface area contributed by atoms with Gasteiger partial charge in [-0.05, 0) is 22.0 Å². The number of halogens is 2. The van der Waals surface area contributed by atoms with Crippen LogP contribution in [0, 0.1) is 0 Å². The van der Waals surface area contributed by atoms with E-state index in [0.717, 1.165) is 30.9 Å². The summed E-state index contributed by atoms with van der Waals surface area (Å²) in [4.78, 5) is 10.8. The van der Waals surface area contributed by atoms with Crippen LogP contribution in [-0.2, 0) is 0 Å². The SMILES string of the molecule is O=Cc1c(Br)ccc2c(Br)csc12. The summed E-state index contributed by atoms with van der Waals surface area (Å²) in [7, 11) is 0. The molecule has 0 unspecified atom stereocenters. The topological polar surface area (TPSA) is 17.1 Å². The maximum absolute atomic E-state index is 10.8. The standard InChI is InChI=1S/C9H4Br2OS/c10-7-2-1-5-8(11)4-13-9(5)6(7)3-12/h1-4H. The Kier molecular flexibility index (Phi) is 2.53. The lowest BCUT2D eigenvalue weighted by Crippen LogP contribution is -1.81. The van der Waals surface area contributed by atoms with Crippen molar-refractivity contribution in [1.29, 1.82) is 0 Å². The van der Waals surface area contributed by atoms with E-state index in [9.17, 15) is 4.79 Å². The Morgan fingerprint density at radius 1 is 1.23 bits per heavy atom. The van der Waals surface area contributed by atoms with E-state index in [1.807, 2.05) is 17.5 Å². The average Bonchev–Trinajstić information content (AvgIpc) is 2.48. The van der Waals surface area contributed by atoms with Gasteiger partial charge in [-0.15, -0.1) is 11.3 Å². The molecule has 0 bridgehead atoms. The summed E-state index contributed by atoms with van der Waals surface area (Å²) >= 11 is 8.35. The fourth-order valence-electron chi connectivity index (χ4n) is 1.17. The lowest BCUT2D eigenvalue weighted by molar-refractivity contribution is 0.112. The predicted octanol–water partition coefficient (Wildman–Crippen LogP) is 4.24. The quantitative estimate of drug-likeness (QED) is 0.719. The number of benzene rings is 1. The largest absolute Gasteiger partial charge is 0.298 e. The van der Waals surface area contributed by atoms with Crippen LogP contribution in [0.1, 0.15) is 10.4 Å². The van der Waals surface area contributed by atoms with Crippen molar-refractivity contribution in [2.45, 2.75) is 0 Å². The fourth-order valence-corrected chi connectivity index (χ4v) is 3.41. The third-order valence-electron chi connectivity index (χ3n) is 1.80. The molecule has 2 aromatic rings. The summed E-state index contributed by atoms with van der Waals surface area (Å²) < 4.78 is 2.92. The van der Waals surface area contributed by atoms with Crippen LogP contribution in [0.3, 0.4) is 0 Å². The van der Waals surface area contributed by atoms with Gasteiger partial charge in [0.1, 0.15) is 0 Å². The van der Waals surface area contributed by atoms with Gasteiger partial charge in [0.25, 0.3) is 0 Å². The summed E-state index contributed by atoms with van der Waals surface area (Å²) in [5.74, 6) is 0. The molecule has 0 aliphatic rings. The van der Waals surface area contributed by atoms with Crippen molar-refractivity contribution in [3.8, 4) is 0 Å². The molecule has 13 heavy (non-hydrogen) atoms. The average molecular weight is 320 g/mol. The van der Waals surface area contributed by atoms with E-state index < -0.39 is 0 Å². The van der Waals surface area contributed by atoms with Gasteiger partial charge in [0, 0.05) is 30.0 Å². The molecule has 0 atom stereocenters. The molecule has 0 N–H and O–H groups in total. The maximum Gasteiger partial charge on any atom is 0.152 e. The zero-order valence-corrected chi connectivity index (χ0v) is 10.4. The normalized spacial score (nSPS) is 10.6. The number of thiophene rings is 1. The van der Waals surface area contributed by atoms with Crippen molar-refractivity contribution in [3.63, 3.8) is 0 Å². The highest BCUT2D eigenvalue weighted by molar-refractivity contribution is 9.11. The highest BCUT2D eigenvalue weighted by Crippen LogP contribution is 2.35. The van der Waals surface area contributed by atoms with Gasteiger partial charge in [0.15, 0.2) is 6.29 Å². The van der Waals surface area contributed by atoms with Gasteiger partial charge >= 0.3 is 0 Å². The maximum atomic E-state index is 10.8. The van der Waals surface area contributed by atoms with E-state index in [1.165, 1.54) is 0 Å². The number of rotatable bonds is 1. The first-order valence-electron chi connectivity index (χ1n) is 3.54. The third-order valence-corrected chi connectivity index (χ3v) is 4.48. The fraction of sp³-hybridized carbons (Fsp3) is 0. The first kappa shape index (κ1) is 9.37. The molecular weight excluding hydrogens is 316 g/mol. The molecule has 0 saturated carbocycles. The van der Waals surface area contributed by atoms with E-state index in [-0.39, 0.29) is 0 Å². The van der Waals surface area contributed by atoms with Gasteiger partial charge in [-0.25, -0.2) is 0 Å². The minimum absolute atomic E-state index is 0.730. The highest BCUT2D eigenvalue weighted by Gasteiger charge is 2.08. The van der Waals surface area contributed by atoms with Crippen molar-refractivity contribution in [3.05, 3.63) is 32.0 Å². The molecule has 66 valence electrons. The summed E-state index contributed by atoms with van der Waals surface area (Å²) in [6.07, 6.45) is 0.884. The van der Waals surface area contributed by atoms with Crippen LogP contribution in [-0.4, -0.2) is 6.29 Å². The molecule has 0 fully saturated rings. The minimum Gasteiger partial charge on any atom is -0.298 e. The Morgan fingerprint density at radius 3 is 2.69 bits per heavy atom. The molecule has 1 nitrogen and oxygen atoms in total. The van der Waals surface area contributed by atoms with Gasteiger partial charge in [0.05, 0.1) is 0 Å². The van der Waals surface area contributed by atoms with Crippen LogP contribution in [0.4, 0.5) is 0 Å². The van der Waals surface area contributed by atoms with E-state index in [2.05, 4.69) is 31.9 Å². The second kappa shape index (κ2) is 3.52. The predicted molar refractivity (Wildman–Crippen MR) is 62.6 cm³/mol. The van der Waals surface area contributed by atoms with E-state index in [0.29, 0.717) is 0 Å². The Morgan fingerprint density at radius 2 is 2.00 bits per heavy atom. The summed E-state index contributed by atoms with van der Waals surface area (Å²) in [6, 6.07) is 3.89. The third kappa shape index (κ3) is 1.47. The Bertz CT molecular complexity index is 476. The van der Waals surface area contributed by atoms with Crippen molar-refractivity contribution in [2.24, 2.45) is 0 Å². The summed E-state index contributed by atoms with van der Waals surface area (Å²) in [6.45, 7) is 0. The zero-order valence-electron chi connectivity index (χ0n) is 6.38. The lowest BCUT2D eigenvalue weighted by atomic mass is 10.2. The molecule has 2 rings (SSSR count). The van der Waals surface area contributed by atoms with E-state index in [1.54, 1.807) is 11.3 Å². The molecule has 0 amide bonds. The number of hydrogen-bond donors (Lipinski definition) is 0. The number of carbonyl (C=O) groups is 1. The molecule has 1 aromatic carbocycles. The van der Waals surface area contributed by atoms with Crippen molar-refractivity contribution >= 4 is 59.6 Å². The Labute approximate surface area is 96.0 Å². The van der Waals surface area contributed by atoms with Crippen molar-refractivity contribution in [1.82, 2.24) is 0 Å². The molecule has 1 aromatic heterocycles. The molecule has 0 spiro atoms. The molecule has 0 saturated heterocycles. The number of aldehydes is 1. The van der Waals surface area contributed by atoms with Crippen LogP contribution in [0.5, 0.6) is 0 Å². The van der Waals surface area contributed by atoms with Gasteiger partial charge in [-0.3, -0.25) is 4.79 Å². The van der Waals surface area contributed by atoms with Crippen LogP contribution in [0.25, 0.3) is 10.1 Å². The number of carbonyl (C=O) groups excluding carboxylic acids is 1.